The predicted octanol–water partition coefficient (Wildman–Crippen LogP) is 3.36. The van der Waals surface area contributed by atoms with Gasteiger partial charge in [0.05, 0.1) is 7.11 Å². The summed E-state index contributed by atoms with van der Waals surface area (Å²) in [5.74, 6) is 2.20. The van der Waals surface area contributed by atoms with Crippen molar-refractivity contribution in [1.82, 2.24) is 5.32 Å². The number of amides is 1. The SMILES string of the molecule is COc1cccc2cc(C(=O)N[C@H](C)[C@H]3C[C@H]4CC[C@H]3C4)c(=O)oc12. The molecule has 25 heavy (non-hydrogen) atoms. The molecule has 1 aromatic heterocycles. The Labute approximate surface area is 146 Å². The molecule has 2 aliphatic carbocycles. The van der Waals surface area contributed by atoms with Gasteiger partial charge in [0.1, 0.15) is 5.56 Å². The zero-order valence-electron chi connectivity index (χ0n) is 14.6. The third kappa shape index (κ3) is 2.81. The van der Waals surface area contributed by atoms with Crippen LogP contribution in [-0.4, -0.2) is 19.1 Å². The van der Waals surface area contributed by atoms with Gasteiger partial charge in [-0.2, -0.15) is 0 Å². The number of hydrogen-bond donors (Lipinski definition) is 1. The largest absolute Gasteiger partial charge is 0.493 e. The van der Waals surface area contributed by atoms with E-state index in [4.69, 9.17) is 9.15 Å². The zero-order valence-corrected chi connectivity index (χ0v) is 14.6. The molecule has 1 N–H and O–H groups in total. The summed E-state index contributed by atoms with van der Waals surface area (Å²) in [5.41, 5.74) is -0.210. The van der Waals surface area contributed by atoms with Crippen LogP contribution < -0.4 is 15.7 Å². The molecular weight excluding hydrogens is 318 g/mol. The van der Waals surface area contributed by atoms with Gasteiger partial charge in [0.25, 0.3) is 5.91 Å². The Hall–Kier alpha value is -2.30. The molecule has 1 aromatic carbocycles. The number of carbonyl (C=O) groups excluding carboxylic acids is 1. The van der Waals surface area contributed by atoms with Crippen LogP contribution in [0.5, 0.6) is 5.75 Å². The minimum atomic E-state index is -0.630. The number of fused-ring (bicyclic) bond motifs is 3. The van der Waals surface area contributed by atoms with E-state index in [2.05, 4.69) is 12.2 Å². The lowest BCUT2D eigenvalue weighted by atomic mass is 9.84. The lowest BCUT2D eigenvalue weighted by molar-refractivity contribution is 0.0911. The molecule has 0 spiro atoms. The van der Waals surface area contributed by atoms with E-state index in [0.717, 1.165) is 11.8 Å². The molecule has 0 saturated heterocycles. The molecule has 2 bridgehead atoms. The highest BCUT2D eigenvalue weighted by Crippen LogP contribution is 2.49. The van der Waals surface area contributed by atoms with Crippen molar-refractivity contribution in [2.75, 3.05) is 7.11 Å². The van der Waals surface area contributed by atoms with Crippen LogP contribution in [0.2, 0.25) is 0 Å². The van der Waals surface area contributed by atoms with Crippen molar-refractivity contribution in [3.05, 3.63) is 40.2 Å². The van der Waals surface area contributed by atoms with E-state index in [1.165, 1.54) is 32.8 Å². The first-order valence-electron chi connectivity index (χ1n) is 8.98. The van der Waals surface area contributed by atoms with Gasteiger partial charge in [-0.25, -0.2) is 4.79 Å². The topological polar surface area (TPSA) is 68.5 Å². The van der Waals surface area contributed by atoms with Gasteiger partial charge in [-0.1, -0.05) is 18.6 Å². The van der Waals surface area contributed by atoms with Gasteiger partial charge in [0.2, 0.25) is 0 Å². The van der Waals surface area contributed by atoms with Crippen LogP contribution in [0.1, 0.15) is 43.0 Å². The Kier molecular flexibility index (Phi) is 4.02. The highest BCUT2D eigenvalue weighted by atomic mass is 16.5. The minimum absolute atomic E-state index is 0.0516. The third-order valence-electron chi connectivity index (χ3n) is 5.98. The van der Waals surface area contributed by atoms with E-state index in [1.54, 1.807) is 24.3 Å². The summed E-state index contributed by atoms with van der Waals surface area (Å²) in [6, 6.07) is 7.00. The van der Waals surface area contributed by atoms with Crippen LogP contribution in [0.4, 0.5) is 0 Å². The Balaban J connectivity index is 1.57. The zero-order chi connectivity index (χ0) is 17.6. The first kappa shape index (κ1) is 16.2. The van der Waals surface area contributed by atoms with Crippen molar-refractivity contribution in [2.45, 2.75) is 38.6 Å². The lowest BCUT2D eigenvalue weighted by Gasteiger charge is -2.28. The molecule has 0 radical (unpaired) electrons. The minimum Gasteiger partial charge on any atom is -0.493 e. The summed E-state index contributed by atoms with van der Waals surface area (Å²) in [4.78, 5) is 24.9. The number of methoxy groups -OCH3 is 1. The van der Waals surface area contributed by atoms with Gasteiger partial charge >= 0.3 is 5.63 Å². The van der Waals surface area contributed by atoms with Gasteiger partial charge in [0, 0.05) is 11.4 Å². The Morgan fingerprint density at radius 3 is 2.84 bits per heavy atom. The molecule has 2 saturated carbocycles. The normalized spacial score (nSPS) is 25.9. The fourth-order valence-electron chi connectivity index (χ4n) is 4.73. The monoisotopic (exact) mass is 341 g/mol. The van der Waals surface area contributed by atoms with Gasteiger partial charge in [0.15, 0.2) is 11.3 Å². The third-order valence-corrected chi connectivity index (χ3v) is 5.98. The molecule has 1 heterocycles. The quantitative estimate of drug-likeness (QED) is 0.866. The first-order valence-corrected chi connectivity index (χ1v) is 8.98. The van der Waals surface area contributed by atoms with Gasteiger partial charge in [-0.05, 0) is 56.1 Å². The average Bonchev–Trinajstić information content (AvgIpc) is 3.23. The van der Waals surface area contributed by atoms with Crippen LogP contribution in [-0.2, 0) is 0 Å². The summed E-state index contributed by atoms with van der Waals surface area (Å²) in [7, 11) is 1.52. The molecule has 132 valence electrons. The maximum absolute atomic E-state index is 12.6. The number of para-hydroxylation sites is 1. The number of nitrogens with one attached hydrogen (secondary N) is 1. The summed E-state index contributed by atoms with van der Waals surface area (Å²) < 4.78 is 10.6. The Bertz CT molecular complexity index is 872. The first-order chi connectivity index (χ1) is 12.1. The number of rotatable bonds is 4. The lowest BCUT2D eigenvalue weighted by Crippen LogP contribution is -2.41. The Morgan fingerprint density at radius 1 is 1.32 bits per heavy atom. The fourth-order valence-corrected chi connectivity index (χ4v) is 4.73. The van der Waals surface area contributed by atoms with E-state index < -0.39 is 5.63 Å². The van der Waals surface area contributed by atoms with Crippen molar-refractivity contribution >= 4 is 16.9 Å². The van der Waals surface area contributed by atoms with Crippen LogP contribution in [0.3, 0.4) is 0 Å². The number of carbonyl (C=O) groups is 1. The molecule has 5 heteroatoms. The average molecular weight is 341 g/mol. The Morgan fingerprint density at radius 2 is 2.16 bits per heavy atom. The van der Waals surface area contributed by atoms with Crippen molar-refractivity contribution in [3.8, 4) is 5.75 Å². The van der Waals surface area contributed by atoms with Gasteiger partial charge in [-0.3, -0.25) is 4.79 Å². The van der Waals surface area contributed by atoms with Gasteiger partial charge < -0.3 is 14.5 Å². The molecule has 2 fully saturated rings. The predicted molar refractivity (Wildman–Crippen MR) is 94.9 cm³/mol. The van der Waals surface area contributed by atoms with Crippen molar-refractivity contribution in [1.29, 1.82) is 0 Å². The molecule has 4 rings (SSSR count). The van der Waals surface area contributed by atoms with Gasteiger partial charge in [-0.15, -0.1) is 0 Å². The van der Waals surface area contributed by atoms with E-state index in [0.29, 0.717) is 22.6 Å². The molecule has 5 nitrogen and oxygen atoms in total. The van der Waals surface area contributed by atoms with Crippen LogP contribution >= 0.6 is 0 Å². The fraction of sp³-hybridized carbons (Fsp3) is 0.500. The van der Waals surface area contributed by atoms with E-state index in [1.807, 2.05) is 0 Å². The van der Waals surface area contributed by atoms with E-state index >= 15 is 0 Å². The molecule has 0 aliphatic heterocycles. The van der Waals surface area contributed by atoms with Crippen LogP contribution in [0.15, 0.2) is 33.5 Å². The highest BCUT2D eigenvalue weighted by molar-refractivity contribution is 5.97. The summed E-state index contributed by atoms with van der Waals surface area (Å²) >= 11 is 0. The summed E-state index contributed by atoms with van der Waals surface area (Å²) in [5, 5.41) is 3.70. The maximum atomic E-state index is 12.6. The van der Waals surface area contributed by atoms with E-state index in [9.17, 15) is 9.59 Å². The number of benzene rings is 1. The molecule has 2 aliphatic rings. The summed E-state index contributed by atoms with van der Waals surface area (Å²) in [6.07, 6.45) is 5.09. The van der Waals surface area contributed by atoms with Crippen molar-refractivity contribution in [2.24, 2.45) is 17.8 Å². The maximum Gasteiger partial charge on any atom is 0.349 e. The van der Waals surface area contributed by atoms with Crippen LogP contribution in [0.25, 0.3) is 11.0 Å². The molecule has 2 aromatic rings. The summed E-state index contributed by atoms with van der Waals surface area (Å²) in [6.45, 7) is 2.05. The number of hydrogen-bond acceptors (Lipinski definition) is 4. The molecule has 0 unspecified atom stereocenters. The smallest absolute Gasteiger partial charge is 0.349 e. The molecular formula is C20H23NO4. The number of ether oxygens (including phenoxy) is 1. The van der Waals surface area contributed by atoms with E-state index in [-0.39, 0.29) is 17.5 Å². The second-order valence-electron chi connectivity index (χ2n) is 7.43. The van der Waals surface area contributed by atoms with Crippen LogP contribution in [0, 0.1) is 17.8 Å². The van der Waals surface area contributed by atoms with Crippen molar-refractivity contribution < 1.29 is 13.9 Å². The second-order valence-corrected chi connectivity index (χ2v) is 7.43. The molecule has 4 atom stereocenters. The van der Waals surface area contributed by atoms with Crippen molar-refractivity contribution in [3.63, 3.8) is 0 Å². The highest BCUT2D eigenvalue weighted by Gasteiger charge is 2.42. The standard InChI is InChI=1S/C20H23NO4/c1-11(15-9-12-6-7-13(15)8-12)21-19(22)16-10-14-4-3-5-17(24-2)18(14)25-20(16)23/h3-5,10-13,15H,6-9H2,1-2H3,(H,21,22)/t11-,12+,13+,15-/m1/s1. The molecule has 1 amide bonds. The second kappa shape index (κ2) is 6.21.